The lowest BCUT2D eigenvalue weighted by molar-refractivity contribution is -0.00357. The highest BCUT2D eigenvalue weighted by Crippen LogP contribution is 2.30. The van der Waals surface area contributed by atoms with Gasteiger partial charge in [-0.05, 0) is 40.2 Å². The lowest BCUT2D eigenvalue weighted by Crippen LogP contribution is -2.49. The number of hydrogen-bond acceptors (Lipinski definition) is 7. The van der Waals surface area contributed by atoms with Gasteiger partial charge in [0.1, 0.15) is 5.69 Å². The molecule has 1 saturated heterocycles. The van der Waals surface area contributed by atoms with E-state index in [9.17, 15) is 9.59 Å². The molecule has 0 unspecified atom stereocenters. The first-order chi connectivity index (χ1) is 16.5. The minimum absolute atomic E-state index is 0.101. The molecule has 4 aromatic rings. The number of pyridine rings is 2. The number of nitrogens with zero attached hydrogens (tertiary/aromatic N) is 5. The molecule has 2 N–H and O–H groups in total. The van der Waals surface area contributed by atoms with Gasteiger partial charge in [0.25, 0.3) is 11.8 Å². The lowest BCUT2D eigenvalue weighted by atomic mass is 10.2. The molecule has 2 amide bonds. The van der Waals surface area contributed by atoms with E-state index in [2.05, 4.69) is 41.7 Å². The van der Waals surface area contributed by atoms with E-state index < -0.39 is 11.8 Å². The van der Waals surface area contributed by atoms with Gasteiger partial charge in [-0.2, -0.15) is 5.10 Å². The molecule has 4 aromatic heterocycles. The molecule has 0 saturated carbocycles. The molecule has 1 aliphatic rings. The summed E-state index contributed by atoms with van der Waals surface area (Å²) in [7, 11) is 1.43. The predicted octanol–water partition coefficient (Wildman–Crippen LogP) is 2.72. The first kappa shape index (κ1) is 22.3. The maximum Gasteiger partial charge on any atom is 0.274 e. The van der Waals surface area contributed by atoms with Crippen LogP contribution in [0.15, 0.2) is 47.2 Å². The highest BCUT2D eigenvalue weighted by atomic mass is 79.9. The van der Waals surface area contributed by atoms with Gasteiger partial charge in [-0.3, -0.25) is 9.59 Å². The van der Waals surface area contributed by atoms with Crippen molar-refractivity contribution in [2.24, 2.45) is 0 Å². The lowest BCUT2D eigenvalue weighted by Gasteiger charge is -2.27. The molecule has 5 heterocycles. The van der Waals surface area contributed by atoms with Crippen molar-refractivity contribution >= 4 is 50.5 Å². The smallest absolute Gasteiger partial charge is 0.274 e. The zero-order valence-electron chi connectivity index (χ0n) is 17.7. The van der Waals surface area contributed by atoms with Crippen LogP contribution >= 0.6 is 27.5 Å². The normalized spacial score (nSPS) is 13.5. The van der Waals surface area contributed by atoms with Crippen LogP contribution in [-0.2, 0) is 4.74 Å². The van der Waals surface area contributed by atoms with E-state index in [0.717, 1.165) is 0 Å². The van der Waals surface area contributed by atoms with Crippen molar-refractivity contribution in [3.05, 3.63) is 63.6 Å². The van der Waals surface area contributed by atoms with Crippen LogP contribution in [0, 0.1) is 0 Å². The van der Waals surface area contributed by atoms with E-state index in [1.165, 1.54) is 28.6 Å². The number of carbonyl (C=O) groups excluding carboxylic acids is 2. The molecule has 1 aliphatic heterocycles. The zero-order chi connectivity index (χ0) is 23.8. The molecule has 174 valence electrons. The average molecular weight is 547 g/mol. The fourth-order valence-corrected chi connectivity index (χ4v) is 4.15. The molecule has 34 heavy (non-hydrogen) atoms. The predicted molar refractivity (Wildman–Crippen MR) is 126 cm³/mol. The minimum atomic E-state index is -0.564. The van der Waals surface area contributed by atoms with E-state index in [4.69, 9.17) is 21.1 Å². The zero-order valence-corrected chi connectivity index (χ0v) is 20.0. The fraction of sp³-hybridized carbons (Fsp3) is 0.190. The number of rotatable bonds is 6. The van der Waals surface area contributed by atoms with E-state index >= 15 is 0 Å². The Morgan fingerprint density at radius 1 is 1.24 bits per heavy atom. The number of anilines is 1. The topological polar surface area (TPSA) is 125 Å². The van der Waals surface area contributed by atoms with Crippen molar-refractivity contribution in [2.45, 2.75) is 6.04 Å². The summed E-state index contributed by atoms with van der Waals surface area (Å²) in [5, 5.41) is 14.5. The Morgan fingerprint density at radius 2 is 2.06 bits per heavy atom. The SMILES string of the molecule is COc1cc(C(=O)Nc2c(Br)cc3ccnn3c2C(=O)NC2COC2)n(-c2ncccc2Cl)n1. The molecule has 0 aromatic carbocycles. The van der Waals surface area contributed by atoms with E-state index in [0.29, 0.717) is 28.2 Å². The Hall–Kier alpha value is -3.48. The molecule has 0 bridgehead atoms. The number of amides is 2. The Labute approximate surface area is 206 Å². The molecule has 0 radical (unpaired) electrons. The standard InChI is InChI=1S/C21H17BrClN7O4/c1-33-16-8-15(30(28-16)19-14(23)3-2-5-24-19)20(31)27-17-13(22)7-12-4-6-25-29(12)18(17)21(32)26-11-9-34-10-11/h2-8,11H,9-10H2,1H3,(H,26,32)(H,27,31). The Morgan fingerprint density at radius 3 is 2.76 bits per heavy atom. The number of ether oxygens (including phenoxy) is 2. The maximum atomic E-state index is 13.4. The Kier molecular flexibility index (Phi) is 5.94. The van der Waals surface area contributed by atoms with E-state index in [-0.39, 0.29) is 34.8 Å². The van der Waals surface area contributed by atoms with Crippen LogP contribution in [0.4, 0.5) is 5.69 Å². The third kappa shape index (κ3) is 4.00. The van der Waals surface area contributed by atoms with Gasteiger partial charge in [0.05, 0.1) is 48.8 Å². The summed E-state index contributed by atoms with van der Waals surface area (Å²) in [5.41, 5.74) is 1.16. The van der Waals surface area contributed by atoms with E-state index in [1.54, 1.807) is 30.5 Å². The number of carbonyl (C=O) groups is 2. The molecule has 0 atom stereocenters. The van der Waals surface area contributed by atoms with Gasteiger partial charge in [-0.15, -0.1) is 5.10 Å². The molecule has 5 rings (SSSR count). The summed E-state index contributed by atoms with van der Waals surface area (Å²) >= 11 is 9.75. The van der Waals surface area contributed by atoms with Gasteiger partial charge in [0, 0.05) is 16.7 Å². The van der Waals surface area contributed by atoms with Gasteiger partial charge in [-0.1, -0.05) is 11.6 Å². The molecule has 0 spiro atoms. The summed E-state index contributed by atoms with van der Waals surface area (Å²) in [6.45, 7) is 0.848. The number of hydrogen-bond donors (Lipinski definition) is 2. The summed E-state index contributed by atoms with van der Waals surface area (Å²) < 4.78 is 13.6. The number of halogens is 2. The first-order valence-corrected chi connectivity index (χ1v) is 11.2. The third-order valence-corrected chi connectivity index (χ3v) is 6.05. The summed E-state index contributed by atoms with van der Waals surface area (Å²) in [5.74, 6) is -0.526. The molecular formula is C21H17BrClN7O4. The number of fused-ring (bicyclic) bond motifs is 1. The van der Waals surface area contributed by atoms with Crippen LogP contribution in [0.3, 0.4) is 0 Å². The molecule has 13 heteroatoms. The third-order valence-electron chi connectivity index (χ3n) is 5.13. The van der Waals surface area contributed by atoms with E-state index in [1.807, 2.05) is 0 Å². The number of aromatic nitrogens is 5. The molecule has 1 fully saturated rings. The van der Waals surface area contributed by atoms with Gasteiger partial charge in [0.2, 0.25) is 5.88 Å². The quantitative estimate of drug-likeness (QED) is 0.381. The van der Waals surface area contributed by atoms with Crippen LogP contribution < -0.4 is 15.4 Å². The monoisotopic (exact) mass is 545 g/mol. The van der Waals surface area contributed by atoms with Crippen LogP contribution in [0.2, 0.25) is 5.02 Å². The second kappa shape index (κ2) is 9.05. The van der Waals surface area contributed by atoms with Crippen LogP contribution in [0.1, 0.15) is 21.0 Å². The molecule has 11 nitrogen and oxygen atoms in total. The molecular weight excluding hydrogens is 530 g/mol. The van der Waals surface area contributed by atoms with Crippen molar-refractivity contribution in [1.29, 1.82) is 0 Å². The van der Waals surface area contributed by atoms with Gasteiger partial charge >= 0.3 is 0 Å². The largest absolute Gasteiger partial charge is 0.480 e. The van der Waals surface area contributed by atoms with Crippen molar-refractivity contribution < 1.29 is 19.1 Å². The first-order valence-electron chi connectivity index (χ1n) is 10.1. The fourth-order valence-electron chi connectivity index (χ4n) is 3.43. The molecule has 0 aliphatic carbocycles. The van der Waals surface area contributed by atoms with Gasteiger partial charge in [0.15, 0.2) is 11.5 Å². The van der Waals surface area contributed by atoms with Crippen molar-refractivity contribution in [3.8, 4) is 11.7 Å². The van der Waals surface area contributed by atoms with Gasteiger partial charge < -0.3 is 20.1 Å². The number of methoxy groups -OCH3 is 1. The van der Waals surface area contributed by atoms with Crippen LogP contribution in [-0.4, -0.2) is 62.6 Å². The highest BCUT2D eigenvalue weighted by Gasteiger charge is 2.28. The Balaban J connectivity index is 1.56. The minimum Gasteiger partial charge on any atom is -0.480 e. The van der Waals surface area contributed by atoms with Crippen molar-refractivity contribution in [2.75, 3.05) is 25.6 Å². The van der Waals surface area contributed by atoms with Crippen LogP contribution in [0.5, 0.6) is 5.88 Å². The highest BCUT2D eigenvalue weighted by molar-refractivity contribution is 9.10. The maximum absolute atomic E-state index is 13.4. The van der Waals surface area contributed by atoms with Gasteiger partial charge in [-0.25, -0.2) is 14.2 Å². The Bertz CT molecular complexity index is 1420. The summed E-state index contributed by atoms with van der Waals surface area (Å²) in [4.78, 5) is 30.8. The second-order valence-corrected chi connectivity index (χ2v) is 8.60. The number of nitrogens with one attached hydrogen (secondary N) is 2. The second-order valence-electron chi connectivity index (χ2n) is 7.34. The van der Waals surface area contributed by atoms with Crippen LogP contribution in [0.25, 0.3) is 11.3 Å². The average Bonchev–Trinajstić information content (AvgIpc) is 3.43. The van der Waals surface area contributed by atoms with Crippen molar-refractivity contribution in [1.82, 2.24) is 29.7 Å². The van der Waals surface area contributed by atoms with Crippen molar-refractivity contribution in [3.63, 3.8) is 0 Å². The summed E-state index contributed by atoms with van der Waals surface area (Å²) in [6.07, 6.45) is 3.10. The summed E-state index contributed by atoms with van der Waals surface area (Å²) in [6, 6.07) is 8.14.